The van der Waals surface area contributed by atoms with Crippen molar-refractivity contribution in [1.29, 1.82) is 0 Å². The molecule has 21 heavy (non-hydrogen) atoms. The van der Waals surface area contributed by atoms with Crippen molar-refractivity contribution in [3.8, 4) is 0 Å². The molecule has 2 rings (SSSR count). The quantitative estimate of drug-likeness (QED) is 0.902. The summed E-state index contributed by atoms with van der Waals surface area (Å²) in [5.74, 6) is -0.0242. The molecule has 4 heteroatoms. The molecule has 1 fully saturated rings. The maximum Gasteiger partial charge on any atom is 0.248 e. The summed E-state index contributed by atoms with van der Waals surface area (Å²) in [4.78, 5) is 26.4. The van der Waals surface area contributed by atoms with E-state index in [2.05, 4.69) is 17.4 Å². The van der Waals surface area contributed by atoms with Crippen LogP contribution in [-0.4, -0.2) is 34.8 Å². The zero-order chi connectivity index (χ0) is 15.5. The molecule has 0 saturated carbocycles. The summed E-state index contributed by atoms with van der Waals surface area (Å²) >= 11 is 0. The topological polar surface area (TPSA) is 49.4 Å². The molecule has 1 unspecified atom stereocenters. The lowest BCUT2D eigenvalue weighted by atomic mass is 9.95. The number of amides is 2. The van der Waals surface area contributed by atoms with Crippen molar-refractivity contribution < 1.29 is 9.59 Å². The lowest BCUT2D eigenvalue weighted by Gasteiger charge is -2.42. The standard InChI is InChI=1S/C17H24N2O2/c1-4-14-15(20)18-17(2,3)16(21)19(14)12-8-11-13-9-6-5-7-10-13/h5-7,9-10,14H,4,8,11-12H2,1-3H3,(H,18,20). The Bertz CT molecular complexity index is 511. The third-order valence-corrected chi connectivity index (χ3v) is 4.00. The summed E-state index contributed by atoms with van der Waals surface area (Å²) < 4.78 is 0. The first-order valence-corrected chi connectivity index (χ1v) is 7.62. The van der Waals surface area contributed by atoms with Gasteiger partial charge in [0.2, 0.25) is 11.8 Å². The highest BCUT2D eigenvalue weighted by Gasteiger charge is 2.43. The van der Waals surface area contributed by atoms with Gasteiger partial charge in [-0.15, -0.1) is 0 Å². The van der Waals surface area contributed by atoms with Gasteiger partial charge >= 0.3 is 0 Å². The Labute approximate surface area is 126 Å². The number of aryl methyl sites for hydroxylation is 1. The van der Waals surface area contributed by atoms with E-state index >= 15 is 0 Å². The Morgan fingerprint density at radius 2 is 1.86 bits per heavy atom. The highest BCUT2D eigenvalue weighted by molar-refractivity contribution is 5.99. The van der Waals surface area contributed by atoms with Crippen molar-refractivity contribution in [1.82, 2.24) is 10.2 Å². The molecular formula is C17H24N2O2. The van der Waals surface area contributed by atoms with Gasteiger partial charge in [0.15, 0.2) is 0 Å². The van der Waals surface area contributed by atoms with Gasteiger partial charge in [-0.2, -0.15) is 0 Å². The van der Waals surface area contributed by atoms with Crippen molar-refractivity contribution >= 4 is 11.8 Å². The number of piperazine rings is 1. The third kappa shape index (κ3) is 3.43. The summed E-state index contributed by atoms with van der Waals surface area (Å²) in [5.41, 5.74) is 0.467. The minimum Gasteiger partial charge on any atom is -0.340 e. The molecule has 2 amide bonds. The summed E-state index contributed by atoms with van der Waals surface area (Å²) in [6, 6.07) is 9.89. The molecule has 1 saturated heterocycles. The summed E-state index contributed by atoms with van der Waals surface area (Å²) in [6.45, 7) is 6.11. The fourth-order valence-corrected chi connectivity index (χ4v) is 2.85. The van der Waals surface area contributed by atoms with Gasteiger partial charge in [0.1, 0.15) is 11.6 Å². The van der Waals surface area contributed by atoms with E-state index in [1.165, 1.54) is 5.56 Å². The second kappa shape index (κ2) is 6.29. The van der Waals surface area contributed by atoms with Crippen molar-refractivity contribution in [3.05, 3.63) is 35.9 Å². The summed E-state index contributed by atoms with van der Waals surface area (Å²) in [7, 11) is 0. The summed E-state index contributed by atoms with van der Waals surface area (Å²) in [5, 5.41) is 2.81. The third-order valence-electron chi connectivity index (χ3n) is 4.00. The number of hydrogen-bond acceptors (Lipinski definition) is 2. The van der Waals surface area contributed by atoms with Gasteiger partial charge in [0.25, 0.3) is 0 Å². The van der Waals surface area contributed by atoms with Gasteiger partial charge in [-0.1, -0.05) is 37.3 Å². The second-order valence-electron chi connectivity index (χ2n) is 6.13. The molecule has 0 spiro atoms. The SMILES string of the molecule is CCC1C(=O)NC(C)(C)C(=O)N1CCCc1ccccc1. The Morgan fingerprint density at radius 1 is 1.19 bits per heavy atom. The zero-order valence-electron chi connectivity index (χ0n) is 13.1. The van der Waals surface area contributed by atoms with Gasteiger partial charge < -0.3 is 10.2 Å². The first kappa shape index (κ1) is 15.5. The molecule has 1 aromatic rings. The second-order valence-corrected chi connectivity index (χ2v) is 6.13. The van der Waals surface area contributed by atoms with Crippen LogP contribution < -0.4 is 5.32 Å². The largest absolute Gasteiger partial charge is 0.340 e. The van der Waals surface area contributed by atoms with Crippen molar-refractivity contribution in [2.24, 2.45) is 0 Å². The van der Waals surface area contributed by atoms with Crippen LogP contribution >= 0.6 is 0 Å². The number of rotatable bonds is 5. The molecule has 1 aliphatic heterocycles. The first-order chi connectivity index (χ1) is 9.95. The van der Waals surface area contributed by atoms with Gasteiger partial charge in [-0.05, 0) is 38.7 Å². The first-order valence-electron chi connectivity index (χ1n) is 7.62. The number of carbonyl (C=O) groups is 2. The van der Waals surface area contributed by atoms with Crippen LogP contribution in [0.3, 0.4) is 0 Å². The monoisotopic (exact) mass is 288 g/mol. The lowest BCUT2D eigenvalue weighted by Crippen LogP contribution is -2.68. The van der Waals surface area contributed by atoms with Crippen molar-refractivity contribution in [2.45, 2.75) is 51.6 Å². The van der Waals surface area contributed by atoms with Crippen LogP contribution in [0.4, 0.5) is 0 Å². The molecular weight excluding hydrogens is 264 g/mol. The van der Waals surface area contributed by atoms with E-state index in [4.69, 9.17) is 0 Å². The normalized spacial score (nSPS) is 21.3. The molecule has 4 nitrogen and oxygen atoms in total. The van der Waals surface area contributed by atoms with E-state index in [0.29, 0.717) is 13.0 Å². The molecule has 0 bridgehead atoms. The number of hydrogen-bond donors (Lipinski definition) is 1. The van der Waals surface area contributed by atoms with Crippen LogP contribution in [0.15, 0.2) is 30.3 Å². The Balaban J connectivity index is 2.01. The molecule has 0 aromatic heterocycles. The van der Waals surface area contributed by atoms with Crippen LogP contribution in [0.25, 0.3) is 0 Å². The van der Waals surface area contributed by atoms with E-state index in [-0.39, 0.29) is 17.9 Å². The Hall–Kier alpha value is -1.84. The average Bonchev–Trinajstić information content (AvgIpc) is 2.45. The van der Waals surface area contributed by atoms with Crippen molar-refractivity contribution in [2.75, 3.05) is 6.54 Å². The average molecular weight is 288 g/mol. The van der Waals surface area contributed by atoms with Gasteiger partial charge in [0, 0.05) is 6.54 Å². The van der Waals surface area contributed by atoms with Crippen LogP contribution in [0.5, 0.6) is 0 Å². The smallest absolute Gasteiger partial charge is 0.248 e. The molecule has 0 radical (unpaired) electrons. The fourth-order valence-electron chi connectivity index (χ4n) is 2.85. The molecule has 114 valence electrons. The van der Waals surface area contributed by atoms with E-state index in [1.807, 2.05) is 25.1 Å². The fraction of sp³-hybridized carbons (Fsp3) is 0.529. The number of benzene rings is 1. The maximum atomic E-state index is 12.5. The minimum atomic E-state index is -0.796. The number of carbonyl (C=O) groups excluding carboxylic acids is 2. The van der Waals surface area contributed by atoms with Gasteiger partial charge in [0.05, 0.1) is 0 Å². The molecule has 0 aliphatic carbocycles. The predicted molar refractivity (Wildman–Crippen MR) is 82.8 cm³/mol. The molecule has 1 atom stereocenters. The predicted octanol–water partition coefficient (Wildman–Crippen LogP) is 2.13. The lowest BCUT2D eigenvalue weighted by molar-refractivity contribution is -0.153. The van der Waals surface area contributed by atoms with Gasteiger partial charge in [-0.25, -0.2) is 0 Å². The van der Waals surface area contributed by atoms with Crippen LogP contribution in [0.1, 0.15) is 39.2 Å². The van der Waals surface area contributed by atoms with Crippen LogP contribution in [-0.2, 0) is 16.0 Å². The number of nitrogens with zero attached hydrogens (tertiary/aromatic N) is 1. The van der Waals surface area contributed by atoms with Gasteiger partial charge in [-0.3, -0.25) is 9.59 Å². The van der Waals surface area contributed by atoms with Crippen LogP contribution in [0.2, 0.25) is 0 Å². The highest BCUT2D eigenvalue weighted by atomic mass is 16.2. The molecule has 1 aromatic carbocycles. The highest BCUT2D eigenvalue weighted by Crippen LogP contribution is 2.20. The summed E-state index contributed by atoms with van der Waals surface area (Å²) in [6.07, 6.45) is 2.44. The molecule has 1 heterocycles. The molecule has 1 aliphatic rings. The number of nitrogens with one attached hydrogen (secondary N) is 1. The Kier molecular flexibility index (Phi) is 4.66. The molecule has 1 N–H and O–H groups in total. The van der Waals surface area contributed by atoms with Crippen LogP contribution in [0, 0.1) is 0 Å². The van der Waals surface area contributed by atoms with E-state index in [1.54, 1.807) is 18.7 Å². The minimum absolute atomic E-state index is 0.0158. The Morgan fingerprint density at radius 3 is 2.48 bits per heavy atom. The zero-order valence-corrected chi connectivity index (χ0v) is 13.1. The van der Waals surface area contributed by atoms with E-state index in [0.717, 1.165) is 12.8 Å². The van der Waals surface area contributed by atoms with E-state index in [9.17, 15) is 9.59 Å². The van der Waals surface area contributed by atoms with E-state index < -0.39 is 5.54 Å². The van der Waals surface area contributed by atoms with Crippen molar-refractivity contribution in [3.63, 3.8) is 0 Å². The maximum absolute atomic E-state index is 12.5.